The molecule has 0 atom stereocenters. The first kappa shape index (κ1) is 15.7. The van der Waals surface area contributed by atoms with Crippen LogP contribution in [0, 0.1) is 0 Å². The molecule has 4 rings (SSSR count). The van der Waals surface area contributed by atoms with Gasteiger partial charge < -0.3 is 20.1 Å². The summed E-state index contributed by atoms with van der Waals surface area (Å²) in [4.78, 5) is 16.7. The molecular weight excluding hydrogens is 318 g/mol. The molecule has 1 saturated carbocycles. The molecule has 0 saturated heterocycles. The van der Waals surface area contributed by atoms with E-state index in [0.717, 1.165) is 5.69 Å². The van der Waals surface area contributed by atoms with Crippen LogP contribution in [0.4, 0.5) is 11.4 Å². The van der Waals surface area contributed by atoms with Crippen molar-refractivity contribution in [1.29, 1.82) is 0 Å². The number of hydrogen-bond acceptors (Lipinski definition) is 5. The summed E-state index contributed by atoms with van der Waals surface area (Å²) in [5.41, 5.74) is 1.98. The Balaban J connectivity index is 1.45. The van der Waals surface area contributed by atoms with Crippen LogP contribution in [-0.4, -0.2) is 30.1 Å². The van der Waals surface area contributed by atoms with Crippen molar-refractivity contribution in [2.75, 3.05) is 23.8 Å². The van der Waals surface area contributed by atoms with Crippen molar-refractivity contribution in [3.63, 3.8) is 0 Å². The quantitative estimate of drug-likeness (QED) is 0.892. The van der Waals surface area contributed by atoms with E-state index in [1.165, 1.54) is 25.7 Å². The SMILES string of the molecule is O=C(Nc1ccc2c(c1)OCCO2)c1cc(NC2CCCC2)ccn1. The van der Waals surface area contributed by atoms with E-state index >= 15 is 0 Å². The van der Waals surface area contributed by atoms with E-state index in [0.29, 0.717) is 42.1 Å². The van der Waals surface area contributed by atoms with Crippen molar-refractivity contribution in [3.8, 4) is 11.5 Å². The van der Waals surface area contributed by atoms with Crippen LogP contribution in [0.1, 0.15) is 36.2 Å². The van der Waals surface area contributed by atoms with Crippen molar-refractivity contribution < 1.29 is 14.3 Å². The molecule has 130 valence electrons. The highest BCUT2D eigenvalue weighted by Gasteiger charge is 2.16. The Morgan fingerprint density at radius 2 is 1.80 bits per heavy atom. The predicted molar refractivity (Wildman–Crippen MR) is 95.5 cm³/mol. The van der Waals surface area contributed by atoms with Gasteiger partial charge in [-0.1, -0.05) is 12.8 Å². The van der Waals surface area contributed by atoms with Gasteiger partial charge in [-0.25, -0.2) is 0 Å². The van der Waals surface area contributed by atoms with Gasteiger partial charge in [-0.3, -0.25) is 9.78 Å². The Morgan fingerprint density at radius 1 is 1.00 bits per heavy atom. The summed E-state index contributed by atoms with van der Waals surface area (Å²) in [5, 5.41) is 6.35. The third kappa shape index (κ3) is 3.68. The molecule has 1 fully saturated rings. The van der Waals surface area contributed by atoms with Gasteiger partial charge in [0, 0.05) is 29.7 Å². The lowest BCUT2D eigenvalue weighted by Crippen LogP contribution is -2.18. The highest BCUT2D eigenvalue weighted by Crippen LogP contribution is 2.32. The first-order valence-electron chi connectivity index (χ1n) is 8.71. The first-order valence-corrected chi connectivity index (χ1v) is 8.71. The number of pyridine rings is 1. The second-order valence-corrected chi connectivity index (χ2v) is 6.37. The highest BCUT2D eigenvalue weighted by atomic mass is 16.6. The van der Waals surface area contributed by atoms with E-state index in [2.05, 4.69) is 15.6 Å². The fourth-order valence-corrected chi connectivity index (χ4v) is 3.27. The molecule has 1 aliphatic heterocycles. The molecule has 6 nitrogen and oxygen atoms in total. The van der Waals surface area contributed by atoms with Crippen LogP contribution >= 0.6 is 0 Å². The number of hydrogen-bond donors (Lipinski definition) is 2. The average molecular weight is 339 g/mol. The van der Waals surface area contributed by atoms with E-state index in [9.17, 15) is 4.79 Å². The zero-order chi connectivity index (χ0) is 17.1. The number of fused-ring (bicyclic) bond motifs is 1. The third-order valence-electron chi connectivity index (χ3n) is 4.52. The number of ether oxygens (including phenoxy) is 2. The van der Waals surface area contributed by atoms with Crippen molar-refractivity contribution >= 4 is 17.3 Å². The lowest BCUT2D eigenvalue weighted by atomic mass is 10.2. The standard InChI is InChI=1S/C19H21N3O3/c23-19(22-14-5-6-17-18(12-14)25-10-9-24-17)16-11-15(7-8-20-16)21-13-3-1-2-4-13/h5-8,11-13H,1-4,9-10H2,(H,20,21)(H,22,23). The first-order chi connectivity index (χ1) is 12.3. The van der Waals surface area contributed by atoms with E-state index in [-0.39, 0.29) is 5.91 Å². The Hall–Kier alpha value is -2.76. The van der Waals surface area contributed by atoms with Crippen LogP contribution in [0.2, 0.25) is 0 Å². The number of nitrogens with one attached hydrogen (secondary N) is 2. The van der Waals surface area contributed by atoms with Gasteiger partial charge >= 0.3 is 0 Å². The molecule has 0 bridgehead atoms. The monoisotopic (exact) mass is 339 g/mol. The Bertz CT molecular complexity index is 772. The molecule has 2 aromatic rings. The van der Waals surface area contributed by atoms with Gasteiger partial charge in [-0.05, 0) is 37.1 Å². The van der Waals surface area contributed by atoms with E-state index < -0.39 is 0 Å². The van der Waals surface area contributed by atoms with Crippen molar-refractivity contribution in [2.24, 2.45) is 0 Å². The van der Waals surface area contributed by atoms with E-state index in [1.807, 2.05) is 6.07 Å². The number of amides is 1. The molecule has 1 amide bonds. The molecule has 2 N–H and O–H groups in total. The van der Waals surface area contributed by atoms with Crippen LogP contribution < -0.4 is 20.1 Å². The Morgan fingerprint density at radius 3 is 2.64 bits per heavy atom. The van der Waals surface area contributed by atoms with Crippen molar-refractivity contribution in [1.82, 2.24) is 4.98 Å². The number of carbonyl (C=O) groups excluding carboxylic acids is 1. The topological polar surface area (TPSA) is 72.5 Å². The fraction of sp³-hybridized carbons (Fsp3) is 0.368. The van der Waals surface area contributed by atoms with Gasteiger partial charge in [-0.2, -0.15) is 0 Å². The number of aromatic nitrogens is 1. The summed E-state index contributed by atoms with van der Waals surface area (Å²) >= 11 is 0. The Kier molecular flexibility index (Phi) is 4.41. The minimum atomic E-state index is -0.244. The highest BCUT2D eigenvalue weighted by molar-refractivity contribution is 6.03. The molecular formula is C19H21N3O3. The molecule has 1 aromatic carbocycles. The minimum Gasteiger partial charge on any atom is -0.486 e. The largest absolute Gasteiger partial charge is 0.486 e. The maximum absolute atomic E-state index is 12.5. The van der Waals surface area contributed by atoms with Gasteiger partial charge in [0.15, 0.2) is 11.5 Å². The maximum atomic E-state index is 12.5. The second kappa shape index (κ2) is 7.01. The zero-order valence-electron chi connectivity index (χ0n) is 14.0. The molecule has 1 aromatic heterocycles. The average Bonchev–Trinajstić information content (AvgIpc) is 3.15. The lowest BCUT2D eigenvalue weighted by Gasteiger charge is -2.19. The number of carbonyl (C=O) groups is 1. The van der Waals surface area contributed by atoms with Crippen LogP contribution in [0.15, 0.2) is 36.5 Å². The summed E-state index contributed by atoms with van der Waals surface area (Å²) in [6.07, 6.45) is 6.55. The molecule has 0 spiro atoms. The summed E-state index contributed by atoms with van der Waals surface area (Å²) in [7, 11) is 0. The van der Waals surface area contributed by atoms with Crippen molar-refractivity contribution in [2.45, 2.75) is 31.7 Å². The van der Waals surface area contributed by atoms with Crippen LogP contribution in [-0.2, 0) is 0 Å². The van der Waals surface area contributed by atoms with Gasteiger partial charge in [-0.15, -0.1) is 0 Å². The summed E-state index contributed by atoms with van der Waals surface area (Å²) in [6.45, 7) is 1.06. The molecule has 1 aliphatic carbocycles. The Labute approximate surface area is 146 Å². The summed E-state index contributed by atoms with van der Waals surface area (Å²) < 4.78 is 11.0. The van der Waals surface area contributed by atoms with Crippen LogP contribution in [0.3, 0.4) is 0 Å². The van der Waals surface area contributed by atoms with Gasteiger partial charge in [0.05, 0.1) is 0 Å². The van der Waals surface area contributed by atoms with Gasteiger partial charge in [0.2, 0.25) is 0 Å². The predicted octanol–water partition coefficient (Wildman–Crippen LogP) is 3.46. The fourth-order valence-electron chi connectivity index (χ4n) is 3.27. The summed E-state index contributed by atoms with van der Waals surface area (Å²) in [5.74, 6) is 1.10. The van der Waals surface area contributed by atoms with Crippen LogP contribution in [0.25, 0.3) is 0 Å². The van der Waals surface area contributed by atoms with Crippen LogP contribution in [0.5, 0.6) is 11.5 Å². The molecule has 0 radical (unpaired) electrons. The number of rotatable bonds is 4. The number of benzene rings is 1. The van der Waals surface area contributed by atoms with Crippen molar-refractivity contribution in [3.05, 3.63) is 42.2 Å². The minimum absolute atomic E-state index is 0.244. The lowest BCUT2D eigenvalue weighted by molar-refractivity contribution is 0.102. The third-order valence-corrected chi connectivity index (χ3v) is 4.52. The summed E-state index contributed by atoms with van der Waals surface area (Å²) in [6, 6.07) is 9.57. The number of anilines is 2. The van der Waals surface area contributed by atoms with E-state index in [4.69, 9.17) is 9.47 Å². The number of nitrogens with zero attached hydrogens (tertiary/aromatic N) is 1. The zero-order valence-corrected chi connectivity index (χ0v) is 14.0. The molecule has 2 heterocycles. The normalized spacial score (nSPS) is 16.5. The molecule has 2 aliphatic rings. The molecule has 6 heteroatoms. The second-order valence-electron chi connectivity index (χ2n) is 6.37. The molecule has 0 unspecified atom stereocenters. The smallest absolute Gasteiger partial charge is 0.274 e. The maximum Gasteiger partial charge on any atom is 0.274 e. The van der Waals surface area contributed by atoms with Gasteiger partial charge in [0.25, 0.3) is 5.91 Å². The van der Waals surface area contributed by atoms with E-state index in [1.54, 1.807) is 30.5 Å². The molecule has 25 heavy (non-hydrogen) atoms. The van der Waals surface area contributed by atoms with Gasteiger partial charge in [0.1, 0.15) is 18.9 Å².